The Labute approximate surface area is 174 Å². The molecular formula is C20H15ClFN5O3. The predicted octanol–water partition coefficient (Wildman–Crippen LogP) is 2.98. The van der Waals surface area contributed by atoms with Crippen molar-refractivity contribution in [2.75, 3.05) is 23.8 Å². The summed E-state index contributed by atoms with van der Waals surface area (Å²) in [4.78, 5) is 35.7. The molecule has 2 aliphatic rings. The molecule has 5 rings (SSSR count). The molecule has 0 radical (unpaired) electrons. The third kappa shape index (κ3) is 3.21. The fraction of sp³-hybridized carbons (Fsp3) is 0.200. The van der Waals surface area contributed by atoms with Gasteiger partial charge in [0.15, 0.2) is 0 Å². The summed E-state index contributed by atoms with van der Waals surface area (Å²) in [5, 5.41) is 6.18. The lowest BCUT2D eigenvalue weighted by Crippen LogP contribution is -2.29. The number of benzene rings is 1. The van der Waals surface area contributed by atoms with Gasteiger partial charge in [0.2, 0.25) is 5.91 Å². The van der Waals surface area contributed by atoms with Crippen molar-refractivity contribution in [2.45, 2.75) is 12.3 Å². The molecule has 0 aliphatic carbocycles. The van der Waals surface area contributed by atoms with Crippen LogP contribution in [0.2, 0.25) is 5.02 Å². The molecule has 0 unspecified atom stereocenters. The molecule has 1 fully saturated rings. The second-order valence-corrected chi connectivity index (χ2v) is 7.53. The number of fused-ring (bicyclic) bond motifs is 1. The zero-order valence-electron chi connectivity index (χ0n) is 15.5. The number of aromatic nitrogens is 3. The van der Waals surface area contributed by atoms with Gasteiger partial charge in [0.05, 0.1) is 30.9 Å². The summed E-state index contributed by atoms with van der Waals surface area (Å²) in [5.41, 5.74) is 1.57. The first-order valence-corrected chi connectivity index (χ1v) is 9.58. The maximum absolute atomic E-state index is 14.4. The third-order valence-corrected chi connectivity index (χ3v) is 5.37. The van der Waals surface area contributed by atoms with Crippen molar-refractivity contribution < 1.29 is 13.9 Å². The van der Waals surface area contributed by atoms with Crippen molar-refractivity contribution in [3.05, 3.63) is 63.0 Å². The number of carbonyl (C=O) groups is 1. The molecule has 0 atom stereocenters. The topological polar surface area (TPSA) is 109 Å². The van der Waals surface area contributed by atoms with Crippen LogP contribution >= 0.6 is 11.6 Å². The number of aromatic amines is 1. The number of nitrogens with zero attached hydrogens (tertiary/aromatic N) is 2. The Balaban J connectivity index is 1.64. The quantitative estimate of drug-likeness (QED) is 0.590. The summed E-state index contributed by atoms with van der Waals surface area (Å²) in [5.74, 6) is 0.117. The van der Waals surface area contributed by atoms with Gasteiger partial charge in [-0.3, -0.25) is 9.59 Å². The number of rotatable bonds is 4. The lowest BCUT2D eigenvalue weighted by Gasteiger charge is -2.28. The van der Waals surface area contributed by atoms with Gasteiger partial charge in [-0.2, -0.15) is 0 Å². The minimum Gasteiger partial charge on any atom is -0.380 e. The van der Waals surface area contributed by atoms with Crippen LogP contribution in [0.3, 0.4) is 0 Å². The van der Waals surface area contributed by atoms with Crippen molar-refractivity contribution in [3.63, 3.8) is 0 Å². The average Bonchev–Trinajstić information content (AvgIpc) is 3.06. The zero-order valence-corrected chi connectivity index (χ0v) is 16.2. The van der Waals surface area contributed by atoms with Crippen molar-refractivity contribution in [1.29, 1.82) is 0 Å². The SMILES string of the molecule is O=C1Cc2c(ncnc2Nc2cc(-c3cc(Cl)ccc3F)c(=O)[nH]c2C2COC2)N1. The van der Waals surface area contributed by atoms with E-state index in [9.17, 15) is 14.0 Å². The highest BCUT2D eigenvalue weighted by Crippen LogP contribution is 2.35. The normalized spacial score (nSPS) is 15.5. The Kier molecular flexibility index (Phi) is 4.48. The van der Waals surface area contributed by atoms with Crippen LogP contribution in [0.25, 0.3) is 11.1 Å². The number of nitrogens with one attached hydrogen (secondary N) is 3. The summed E-state index contributed by atoms with van der Waals surface area (Å²) in [6, 6.07) is 5.61. The van der Waals surface area contributed by atoms with E-state index >= 15 is 0 Å². The summed E-state index contributed by atoms with van der Waals surface area (Å²) in [7, 11) is 0. The number of pyridine rings is 1. The van der Waals surface area contributed by atoms with E-state index in [-0.39, 0.29) is 29.4 Å². The zero-order chi connectivity index (χ0) is 20.8. The van der Waals surface area contributed by atoms with Crippen molar-refractivity contribution in [3.8, 4) is 11.1 Å². The standard InChI is InChI=1S/C20H15ClFN5O3/c21-10-1-2-14(22)11(3-10)12-4-15(17(27-20(12)29)9-6-30-7-9)25-18-13-5-16(28)26-19(13)24-8-23-18/h1-4,8-9H,5-7H2,(H,27,29)(H2,23,24,25,26,28). The molecule has 0 bridgehead atoms. The number of amides is 1. The number of ether oxygens (including phenoxy) is 1. The van der Waals surface area contributed by atoms with Gasteiger partial charge in [-0.15, -0.1) is 0 Å². The van der Waals surface area contributed by atoms with E-state index in [1.165, 1.54) is 24.5 Å². The summed E-state index contributed by atoms with van der Waals surface area (Å²) in [6.07, 6.45) is 1.47. The number of H-pyrrole nitrogens is 1. The van der Waals surface area contributed by atoms with E-state index in [1.807, 2.05) is 0 Å². The number of halogens is 2. The highest BCUT2D eigenvalue weighted by molar-refractivity contribution is 6.30. The largest absolute Gasteiger partial charge is 0.380 e. The molecule has 1 saturated heterocycles. The van der Waals surface area contributed by atoms with Crippen LogP contribution in [-0.2, 0) is 16.0 Å². The van der Waals surface area contributed by atoms with Crippen LogP contribution in [0.15, 0.2) is 35.4 Å². The highest BCUT2D eigenvalue weighted by atomic mass is 35.5. The molecule has 1 aromatic carbocycles. The van der Waals surface area contributed by atoms with E-state index in [4.69, 9.17) is 16.3 Å². The molecule has 8 nitrogen and oxygen atoms in total. The molecule has 2 aliphatic heterocycles. The smallest absolute Gasteiger partial charge is 0.256 e. The van der Waals surface area contributed by atoms with E-state index in [0.29, 0.717) is 46.8 Å². The molecule has 3 aromatic rings. The number of hydrogen-bond donors (Lipinski definition) is 3. The third-order valence-electron chi connectivity index (χ3n) is 5.13. The molecule has 0 saturated carbocycles. The monoisotopic (exact) mass is 427 g/mol. The molecule has 0 spiro atoms. The van der Waals surface area contributed by atoms with Crippen molar-refractivity contribution in [2.24, 2.45) is 0 Å². The minimum absolute atomic E-state index is 0.0203. The Hall–Kier alpha value is -3.30. The van der Waals surface area contributed by atoms with E-state index in [1.54, 1.807) is 6.07 Å². The van der Waals surface area contributed by atoms with Crippen molar-refractivity contribution >= 4 is 34.8 Å². The first-order chi connectivity index (χ1) is 14.5. The maximum atomic E-state index is 14.4. The van der Waals surface area contributed by atoms with E-state index in [2.05, 4.69) is 25.6 Å². The number of carbonyl (C=O) groups excluding carboxylic acids is 1. The maximum Gasteiger partial charge on any atom is 0.256 e. The summed E-state index contributed by atoms with van der Waals surface area (Å²) < 4.78 is 19.7. The molecule has 10 heteroatoms. The fourth-order valence-corrected chi connectivity index (χ4v) is 3.71. The predicted molar refractivity (Wildman–Crippen MR) is 109 cm³/mol. The van der Waals surface area contributed by atoms with Crippen LogP contribution in [0, 0.1) is 5.82 Å². The summed E-state index contributed by atoms with van der Waals surface area (Å²) in [6.45, 7) is 0.912. The molecule has 152 valence electrons. The van der Waals surface area contributed by atoms with E-state index in [0.717, 1.165) is 0 Å². The number of hydrogen-bond acceptors (Lipinski definition) is 6. The second-order valence-electron chi connectivity index (χ2n) is 7.10. The molecule has 4 heterocycles. The minimum atomic E-state index is -0.562. The molecule has 2 aromatic heterocycles. The lowest BCUT2D eigenvalue weighted by atomic mass is 9.98. The van der Waals surface area contributed by atoms with Crippen LogP contribution in [0.4, 0.5) is 21.7 Å². The summed E-state index contributed by atoms with van der Waals surface area (Å²) >= 11 is 6.01. The van der Waals surface area contributed by atoms with Gasteiger partial charge >= 0.3 is 0 Å². The first kappa shape index (κ1) is 18.7. The lowest BCUT2D eigenvalue weighted by molar-refractivity contribution is -0.115. The van der Waals surface area contributed by atoms with Crippen LogP contribution in [-0.4, -0.2) is 34.1 Å². The van der Waals surface area contributed by atoms with Gasteiger partial charge in [-0.25, -0.2) is 14.4 Å². The number of anilines is 3. The highest BCUT2D eigenvalue weighted by Gasteiger charge is 2.28. The Morgan fingerprint density at radius 1 is 1.17 bits per heavy atom. The van der Waals surface area contributed by atoms with Gasteiger partial charge in [-0.05, 0) is 24.3 Å². The second kappa shape index (κ2) is 7.19. The fourth-order valence-electron chi connectivity index (χ4n) is 3.54. The van der Waals surface area contributed by atoms with E-state index < -0.39 is 11.4 Å². The first-order valence-electron chi connectivity index (χ1n) is 9.20. The Morgan fingerprint density at radius 3 is 2.77 bits per heavy atom. The van der Waals surface area contributed by atoms with Gasteiger partial charge in [0, 0.05) is 27.8 Å². The molecule has 1 amide bonds. The Bertz CT molecular complexity index is 1240. The molecule has 3 N–H and O–H groups in total. The van der Waals surface area contributed by atoms with Gasteiger partial charge in [-0.1, -0.05) is 11.6 Å². The van der Waals surface area contributed by atoms with Gasteiger partial charge in [0.25, 0.3) is 5.56 Å². The average molecular weight is 428 g/mol. The van der Waals surface area contributed by atoms with Crippen molar-refractivity contribution in [1.82, 2.24) is 15.0 Å². The molecule has 30 heavy (non-hydrogen) atoms. The van der Waals surface area contributed by atoms with Crippen LogP contribution in [0.1, 0.15) is 17.2 Å². The molecular weight excluding hydrogens is 413 g/mol. The Morgan fingerprint density at radius 2 is 2.00 bits per heavy atom. The van der Waals surface area contributed by atoms with Gasteiger partial charge < -0.3 is 20.4 Å². The van der Waals surface area contributed by atoms with Gasteiger partial charge in [0.1, 0.15) is 23.8 Å². The van der Waals surface area contributed by atoms with Crippen LogP contribution in [0.5, 0.6) is 0 Å². The van der Waals surface area contributed by atoms with Crippen LogP contribution < -0.4 is 16.2 Å².